The molecule has 0 radical (unpaired) electrons. The van der Waals surface area contributed by atoms with Gasteiger partial charge >= 0.3 is 0 Å². The predicted octanol–water partition coefficient (Wildman–Crippen LogP) is 6.13. The average Bonchev–Trinajstić information content (AvgIpc) is 3.49. The highest BCUT2D eigenvalue weighted by Crippen LogP contribution is 2.29. The van der Waals surface area contributed by atoms with Gasteiger partial charge in [0.05, 0.1) is 19.1 Å². The van der Waals surface area contributed by atoms with Crippen molar-refractivity contribution >= 4 is 35.5 Å². The summed E-state index contributed by atoms with van der Waals surface area (Å²) in [6.45, 7) is 5.75. The van der Waals surface area contributed by atoms with Crippen LogP contribution in [0.15, 0.2) is 101 Å². The highest BCUT2D eigenvalue weighted by atomic mass is 32.2. The third-order valence-corrected chi connectivity index (χ3v) is 7.83. The van der Waals surface area contributed by atoms with Gasteiger partial charge in [-0.3, -0.25) is 14.2 Å². The van der Waals surface area contributed by atoms with E-state index in [0.29, 0.717) is 28.0 Å². The molecule has 0 aliphatic rings. The van der Waals surface area contributed by atoms with Crippen molar-refractivity contribution < 1.29 is 19.1 Å². The molecule has 0 bridgehead atoms. The van der Waals surface area contributed by atoms with Crippen molar-refractivity contribution in [1.82, 2.24) is 20.2 Å². The van der Waals surface area contributed by atoms with Crippen molar-refractivity contribution in [2.45, 2.75) is 25.9 Å². The number of hydrogen-bond donors (Lipinski definition) is 2. The molecule has 4 aromatic carbocycles. The normalized spacial score (nSPS) is 11.0. The van der Waals surface area contributed by atoms with E-state index in [4.69, 9.17) is 9.47 Å². The Hall–Kier alpha value is -5.42. The van der Waals surface area contributed by atoms with Crippen LogP contribution in [-0.2, 0) is 9.59 Å². The Labute approximate surface area is 271 Å². The van der Waals surface area contributed by atoms with Crippen LogP contribution >= 0.6 is 11.8 Å². The average molecular weight is 635 g/mol. The minimum atomic E-state index is -0.304. The van der Waals surface area contributed by atoms with Crippen LogP contribution in [0.2, 0.25) is 0 Å². The van der Waals surface area contributed by atoms with Gasteiger partial charge in [-0.1, -0.05) is 78.0 Å². The molecule has 0 saturated heterocycles. The van der Waals surface area contributed by atoms with E-state index in [9.17, 15) is 9.59 Å². The van der Waals surface area contributed by atoms with E-state index in [1.807, 2.05) is 98.1 Å². The van der Waals surface area contributed by atoms with Gasteiger partial charge in [0.2, 0.25) is 0 Å². The summed E-state index contributed by atoms with van der Waals surface area (Å²) < 4.78 is 13.1. The number of aryl methyl sites for hydroxylation is 3. The number of thioether (sulfide) groups is 1. The Bertz CT molecular complexity index is 1840. The van der Waals surface area contributed by atoms with Gasteiger partial charge in [0, 0.05) is 16.9 Å². The number of anilines is 1. The van der Waals surface area contributed by atoms with Crippen LogP contribution in [-0.4, -0.2) is 52.3 Å². The number of carbonyl (C=O) groups is 2. The molecule has 0 saturated carbocycles. The molecule has 46 heavy (non-hydrogen) atoms. The smallest absolute Gasteiger partial charge is 0.262 e. The van der Waals surface area contributed by atoms with Crippen molar-refractivity contribution in [2.75, 3.05) is 24.8 Å². The molecule has 2 amide bonds. The van der Waals surface area contributed by atoms with E-state index in [1.54, 1.807) is 18.2 Å². The maximum Gasteiger partial charge on any atom is 0.262 e. The van der Waals surface area contributed by atoms with Crippen molar-refractivity contribution in [3.8, 4) is 28.6 Å². The van der Waals surface area contributed by atoms with Gasteiger partial charge in [-0.2, -0.15) is 5.10 Å². The highest BCUT2D eigenvalue weighted by Gasteiger charge is 2.17. The largest absolute Gasteiger partial charge is 0.493 e. The molecule has 0 aliphatic heterocycles. The fourth-order valence-corrected chi connectivity index (χ4v) is 5.61. The van der Waals surface area contributed by atoms with E-state index < -0.39 is 0 Å². The summed E-state index contributed by atoms with van der Waals surface area (Å²) in [4.78, 5) is 25.3. The monoisotopic (exact) mass is 634 g/mol. The second-order valence-electron chi connectivity index (χ2n) is 10.4. The number of rotatable bonds is 12. The lowest BCUT2D eigenvalue weighted by atomic mass is 10.1. The lowest BCUT2D eigenvalue weighted by Gasteiger charge is -2.14. The Morgan fingerprint density at radius 1 is 0.870 bits per heavy atom. The number of amides is 2. The summed E-state index contributed by atoms with van der Waals surface area (Å²) in [6, 6.07) is 28.7. The van der Waals surface area contributed by atoms with Crippen LogP contribution in [0.1, 0.15) is 22.3 Å². The van der Waals surface area contributed by atoms with Crippen LogP contribution in [0.25, 0.3) is 17.1 Å². The third kappa shape index (κ3) is 7.99. The molecule has 0 spiro atoms. The van der Waals surface area contributed by atoms with Crippen molar-refractivity contribution in [1.29, 1.82) is 0 Å². The van der Waals surface area contributed by atoms with E-state index in [0.717, 1.165) is 33.6 Å². The number of ether oxygens (including phenoxy) is 2. The predicted molar refractivity (Wildman–Crippen MR) is 181 cm³/mol. The molecule has 1 aromatic heterocycles. The number of nitrogens with one attached hydrogen (secondary N) is 2. The third-order valence-electron chi connectivity index (χ3n) is 6.90. The zero-order chi connectivity index (χ0) is 32.5. The fraction of sp³-hybridized carbons (Fsp3) is 0.171. The van der Waals surface area contributed by atoms with Gasteiger partial charge in [0.25, 0.3) is 11.8 Å². The summed E-state index contributed by atoms with van der Waals surface area (Å²) in [7, 11) is 1.51. The number of methoxy groups -OCH3 is 1. The molecule has 10 nitrogen and oxygen atoms in total. The minimum Gasteiger partial charge on any atom is -0.493 e. The van der Waals surface area contributed by atoms with Gasteiger partial charge in [-0.05, 0) is 67.8 Å². The van der Waals surface area contributed by atoms with Gasteiger partial charge in [0.1, 0.15) is 0 Å². The zero-order valence-electron chi connectivity index (χ0n) is 26.0. The van der Waals surface area contributed by atoms with Crippen LogP contribution in [0.5, 0.6) is 11.5 Å². The standard InChI is InChI=1S/C35H34N6O4S/c1-23-17-24(2)33(25(3)18-23)37-31(42)21-45-29-16-15-26(19-30(29)44-4)20-36-38-32(43)22-46-35-40-39-34(27-11-7-5-8-12-27)41(35)28-13-9-6-10-14-28/h5-20H,21-22H2,1-4H3,(H,37,42)(H,38,43)/b36-20+. The second-order valence-corrected chi connectivity index (χ2v) is 11.4. The van der Waals surface area contributed by atoms with Gasteiger partial charge in [0.15, 0.2) is 29.1 Å². The molecule has 234 valence electrons. The molecule has 0 aliphatic carbocycles. The van der Waals surface area contributed by atoms with Crippen molar-refractivity contribution in [2.24, 2.45) is 5.10 Å². The first-order chi connectivity index (χ1) is 22.3. The van der Waals surface area contributed by atoms with Crippen LogP contribution in [0.4, 0.5) is 5.69 Å². The Balaban J connectivity index is 1.17. The van der Waals surface area contributed by atoms with Crippen LogP contribution in [0.3, 0.4) is 0 Å². The van der Waals surface area contributed by atoms with E-state index in [2.05, 4.69) is 26.0 Å². The number of nitrogens with zero attached hydrogens (tertiary/aromatic N) is 4. The van der Waals surface area contributed by atoms with Gasteiger partial charge in [-0.25, -0.2) is 5.43 Å². The first-order valence-electron chi connectivity index (χ1n) is 14.5. The Kier molecular flexibility index (Phi) is 10.5. The Morgan fingerprint density at radius 3 is 2.26 bits per heavy atom. The number of para-hydroxylation sites is 1. The SMILES string of the molecule is COc1cc(/C=N/NC(=O)CSc2nnc(-c3ccccc3)n2-c2ccccc2)ccc1OCC(=O)Nc1c(C)cc(C)cc1C. The second kappa shape index (κ2) is 15.0. The summed E-state index contributed by atoms with van der Waals surface area (Å²) >= 11 is 1.26. The molecular weight excluding hydrogens is 600 g/mol. The molecule has 0 fully saturated rings. The number of benzene rings is 4. The fourth-order valence-electron chi connectivity index (χ4n) is 4.87. The summed E-state index contributed by atoms with van der Waals surface area (Å²) in [5.74, 6) is 1.02. The van der Waals surface area contributed by atoms with E-state index >= 15 is 0 Å². The number of aromatic nitrogens is 3. The molecular formula is C35H34N6O4S. The maximum absolute atomic E-state index is 12.7. The van der Waals surface area contributed by atoms with Crippen LogP contribution < -0.4 is 20.2 Å². The van der Waals surface area contributed by atoms with Crippen molar-refractivity contribution in [3.63, 3.8) is 0 Å². The number of hydrazone groups is 1. The van der Waals surface area contributed by atoms with E-state index in [-0.39, 0.29) is 24.2 Å². The zero-order valence-corrected chi connectivity index (χ0v) is 26.8. The van der Waals surface area contributed by atoms with Crippen LogP contribution in [0, 0.1) is 20.8 Å². The lowest BCUT2D eigenvalue weighted by molar-refractivity contribution is -0.119. The first kappa shape index (κ1) is 32.0. The van der Waals surface area contributed by atoms with E-state index in [1.165, 1.54) is 25.1 Å². The molecule has 11 heteroatoms. The topological polar surface area (TPSA) is 120 Å². The highest BCUT2D eigenvalue weighted by molar-refractivity contribution is 7.99. The lowest BCUT2D eigenvalue weighted by Crippen LogP contribution is -2.21. The Morgan fingerprint density at radius 2 is 1.57 bits per heavy atom. The molecule has 2 N–H and O–H groups in total. The maximum atomic E-state index is 12.7. The minimum absolute atomic E-state index is 0.0803. The molecule has 1 heterocycles. The quantitative estimate of drug-likeness (QED) is 0.0963. The summed E-state index contributed by atoms with van der Waals surface area (Å²) in [5.41, 5.74) is 8.94. The number of hydrogen-bond acceptors (Lipinski definition) is 8. The molecule has 5 rings (SSSR count). The molecule has 5 aromatic rings. The van der Waals surface area contributed by atoms with Gasteiger partial charge in [-0.15, -0.1) is 10.2 Å². The first-order valence-corrected chi connectivity index (χ1v) is 15.5. The van der Waals surface area contributed by atoms with Gasteiger partial charge < -0.3 is 14.8 Å². The summed E-state index contributed by atoms with van der Waals surface area (Å²) in [5, 5.41) is 16.4. The molecule has 0 atom stereocenters. The molecule has 0 unspecified atom stereocenters. The van der Waals surface area contributed by atoms with Crippen molar-refractivity contribution in [3.05, 3.63) is 113 Å². The number of carbonyl (C=O) groups excluding carboxylic acids is 2. The summed E-state index contributed by atoms with van der Waals surface area (Å²) in [6.07, 6.45) is 1.50.